The quantitative estimate of drug-likeness (QED) is 0.552. The average Bonchev–Trinajstić information content (AvgIpc) is 3.14. The highest BCUT2D eigenvalue weighted by Gasteiger charge is 2.20. The number of benzene rings is 1. The highest BCUT2D eigenvalue weighted by atomic mass is 32.1. The number of aliphatic imine (C=N–C) groups is 1. The molecule has 0 amide bonds. The van der Waals surface area contributed by atoms with E-state index in [-0.39, 0.29) is 0 Å². The van der Waals surface area contributed by atoms with Gasteiger partial charge in [-0.3, -0.25) is 9.89 Å². The predicted molar refractivity (Wildman–Crippen MR) is 116 cm³/mol. The van der Waals surface area contributed by atoms with Crippen molar-refractivity contribution < 1.29 is 4.74 Å². The van der Waals surface area contributed by atoms with Crippen molar-refractivity contribution in [3.05, 3.63) is 45.9 Å². The molecule has 2 heterocycles. The number of guanidine groups is 1. The molecule has 0 bridgehead atoms. The summed E-state index contributed by atoms with van der Waals surface area (Å²) in [5, 5.41) is 10.2. The normalized spacial score (nSPS) is 16.2. The summed E-state index contributed by atoms with van der Waals surface area (Å²) in [5.41, 5.74) is 2.33. The molecule has 28 heavy (non-hydrogen) atoms. The van der Waals surface area contributed by atoms with E-state index in [2.05, 4.69) is 43.9 Å². The molecule has 152 valence electrons. The second-order valence-corrected chi connectivity index (χ2v) is 8.26. The maximum absolute atomic E-state index is 5.41. The number of likely N-dealkylation sites (tertiary alicyclic amines) is 1. The monoisotopic (exact) mass is 401 g/mol. The summed E-state index contributed by atoms with van der Waals surface area (Å²) in [5.74, 6) is 2.41. The number of nitrogens with zero attached hydrogens (tertiary/aromatic N) is 3. The molecule has 0 aliphatic carbocycles. The van der Waals surface area contributed by atoms with Gasteiger partial charge in [-0.25, -0.2) is 4.98 Å². The number of thiazole rings is 1. The van der Waals surface area contributed by atoms with Crippen LogP contribution in [0.1, 0.15) is 29.1 Å². The first-order chi connectivity index (χ1) is 13.7. The van der Waals surface area contributed by atoms with Gasteiger partial charge in [0.15, 0.2) is 5.96 Å². The minimum absolute atomic E-state index is 0.679. The Balaban J connectivity index is 1.38. The fourth-order valence-electron chi connectivity index (χ4n) is 3.55. The molecule has 7 heteroatoms. The van der Waals surface area contributed by atoms with E-state index in [9.17, 15) is 0 Å². The Morgan fingerprint density at radius 1 is 1.29 bits per heavy atom. The first kappa shape index (κ1) is 20.6. The number of hydrogen-bond donors (Lipinski definition) is 2. The van der Waals surface area contributed by atoms with Crippen LogP contribution < -0.4 is 15.4 Å². The van der Waals surface area contributed by atoms with Crippen molar-refractivity contribution in [1.29, 1.82) is 0 Å². The van der Waals surface area contributed by atoms with Crippen LogP contribution in [0.2, 0.25) is 0 Å². The van der Waals surface area contributed by atoms with Crippen molar-refractivity contribution >= 4 is 17.3 Å². The van der Waals surface area contributed by atoms with Gasteiger partial charge >= 0.3 is 0 Å². The molecular formula is C21H31N5OS. The van der Waals surface area contributed by atoms with Crippen molar-refractivity contribution in [2.75, 3.05) is 33.8 Å². The van der Waals surface area contributed by atoms with Crippen molar-refractivity contribution in [2.45, 2.75) is 32.9 Å². The van der Waals surface area contributed by atoms with Crippen LogP contribution in [-0.2, 0) is 13.1 Å². The first-order valence-electron chi connectivity index (χ1n) is 9.87. The highest BCUT2D eigenvalue weighted by molar-refractivity contribution is 7.09. The smallest absolute Gasteiger partial charge is 0.191 e. The summed E-state index contributed by atoms with van der Waals surface area (Å²) in [4.78, 5) is 11.4. The van der Waals surface area contributed by atoms with Crippen LogP contribution in [0.5, 0.6) is 5.75 Å². The number of methoxy groups -OCH3 is 1. The molecular weight excluding hydrogens is 370 g/mol. The zero-order valence-electron chi connectivity index (χ0n) is 17.1. The minimum atomic E-state index is 0.679. The fraction of sp³-hybridized carbons (Fsp3) is 0.524. The molecule has 1 fully saturated rings. The Bertz CT molecular complexity index is 768. The molecule has 1 aromatic carbocycles. The van der Waals surface area contributed by atoms with Crippen LogP contribution in [0, 0.1) is 12.8 Å². The largest absolute Gasteiger partial charge is 0.496 e. The van der Waals surface area contributed by atoms with Gasteiger partial charge in [-0.1, -0.05) is 18.2 Å². The number of piperidine rings is 1. The van der Waals surface area contributed by atoms with E-state index in [1.165, 1.54) is 18.5 Å². The summed E-state index contributed by atoms with van der Waals surface area (Å²) in [6.45, 7) is 6.96. The predicted octanol–water partition coefficient (Wildman–Crippen LogP) is 3.04. The molecule has 1 aliphatic rings. The molecule has 0 spiro atoms. The summed E-state index contributed by atoms with van der Waals surface area (Å²) in [7, 11) is 3.52. The topological polar surface area (TPSA) is 61.8 Å². The molecule has 2 aromatic rings. The average molecular weight is 402 g/mol. The molecule has 0 atom stereocenters. The van der Waals surface area contributed by atoms with E-state index < -0.39 is 0 Å². The Morgan fingerprint density at radius 2 is 2.07 bits per heavy atom. The van der Waals surface area contributed by atoms with Gasteiger partial charge in [0.05, 0.1) is 17.8 Å². The van der Waals surface area contributed by atoms with E-state index in [4.69, 9.17) is 4.74 Å². The van der Waals surface area contributed by atoms with Crippen molar-refractivity contribution in [3.63, 3.8) is 0 Å². The maximum Gasteiger partial charge on any atom is 0.191 e. The van der Waals surface area contributed by atoms with Crippen LogP contribution in [0.3, 0.4) is 0 Å². The zero-order valence-corrected chi connectivity index (χ0v) is 17.9. The van der Waals surface area contributed by atoms with E-state index in [1.807, 2.05) is 25.2 Å². The molecule has 0 unspecified atom stereocenters. The molecule has 6 nitrogen and oxygen atoms in total. The Morgan fingerprint density at radius 3 is 2.75 bits per heavy atom. The van der Waals surface area contributed by atoms with Gasteiger partial charge in [-0.2, -0.15) is 0 Å². The Hall–Kier alpha value is -2.12. The molecule has 3 rings (SSSR count). The van der Waals surface area contributed by atoms with Gasteiger partial charge in [0, 0.05) is 37.6 Å². The highest BCUT2D eigenvalue weighted by Crippen LogP contribution is 2.19. The maximum atomic E-state index is 5.41. The second kappa shape index (κ2) is 10.4. The van der Waals surface area contributed by atoms with Crippen molar-refractivity contribution in [2.24, 2.45) is 10.9 Å². The van der Waals surface area contributed by atoms with E-state index in [1.54, 1.807) is 18.4 Å². The van der Waals surface area contributed by atoms with E-state index in [0.29, 0.717) is 12.5 Å². The van der Waals surface area contributed by atoms with Gasteiger partial charge in [-0.05, 0) is 44.8 Å². The third-order valence-corrected chi connectivity index (χ3v) is 6.00. The lowest BCUT2D eigenvalue weighted by atomic mass is 9.97. The SMILES string of the molecule is CN=C(NCc1ccccc1OC)NCC1CCN(Cc2csc(C)n2)CC1. The molecule has 1 aromatic heterocycles. The molecule has 1 saturated heterocycles. The molecule has 0 saturated carbocycles. The zero-order chi connectivity index (χ0) is 19.8. The third kappa shape index (κ3) is 5.94. The van der Waals surface area contributed by atoms with Gasteiger partial charge in [0.25, 0.3) is 0 Å². The number of hydrogen-bond acceptors (Lipinski definition) is 5. The Kier molecular flexibility index (Phi) is 7.68. The van der Waals surface area contributed by atoms with Crippen LogP contribution in [0.4, 0.5) is 0 Å². The van der Waals surface area contributed by atoms with Crippen LogP contribution in [-0.4, -0.2) is 49.6 Å². The molecule has 0 radical (unpaired) electrons. The van der Waals surface area contributed by atoms with Gasteiger partial charge in [-0.15, -0.1) is 11.3 Å². The van der Waals surface area contributed by atoms with Crippen molar-refractivity contribution in [3.8, 4) is 5.75 Å². The number of nitrogens with one attached hydrogen (secondary N) is 2. The van der Waals surface area contributed by atoms with Gasteiger partial charge in [0.2, 0.25) is 0 Å². The summed E-state index contributed by atoms with van der Waals surface area (Å²) in [6, 6.07) is 8.06. The Labute approximate surface area is 172 Å². The number of rotatable bonds is 7. The number of para-hydroxylation sites is 1. The van der Waals surface area contributed by atoms with Gasteiger partial charge < -0.3 is 15.4 Å². The second-order valence-electron chi connectivity index (χ2n) is 7.20. The lowest BCUT2D eigenvalue weighted by Crippen LogP contribution is -2.42. The van der Waals surface area contributed by atoms with Crippen LogP contribution in [0.25, 0.3) is 0 Å². The van der Waals surface area contributed by atoms with Gasteiger partial charge in [0.1, 0.15) is 5.75 Å². The minimum Gasteiger partial charge on any atom is -0.496 e. The van der Waals surface area contributed by atoms with E-state index in [0.717, 1.165) is 48.5 Å². The summed E-state index contributed by atoms with van der Waals surface area (Å²) >= 11 is 1.74. The molecule has 1 aliphatic heterocycles. The number of aryl methyl sites for hydroxylation is 1. The fourth-order valence-corrected chi connectivity index (χ4v) is 4.15. The van der Waals surface area contributed by atoms with E-state index >= 15 is 0 Å². The van der Waals surface area contributed by atoms with Crippen molar-refractivity contribution in [1.82, 2.24) is 20.5 Å². The standard InChI is InChI=1S/C21H31N5OS/c1-16-25-19(15-28-16)14-26-10-8-17(9-11-26)12-23-21(22-2)24-13-18-6-4-5-7-20(18)27-3/h4-7,15,17H,8-14H2,1-3H3,(H2,22,23,24). The van der Waals surface area contributed by atoms with Crippen LogP contribution in [0.15, 0.2) is 34.6 Å². The lowest BCUT2D eigenvalue weighted by Gasteiger charge is -2.31. The lowest BCUT2D eigenvalue weighted by molar-refractivity contribution is 0.176. The molecule has 2 N–H and O–H groups in total. The third-order valence-electron chi connectivity index (χ3n) is 5.18. The summed E-state index contributed by atoms with van der Waals surface area (Å²) in [6.07, 6.45) is 2.42. The summed E-state index contributed by atoms with van der Waals surface area (Å²) < 4.78 is 5.41. The number of aromatic nitrogens is 1. The number of ether oxygens (including phenoxy) is 1. The van der Waals surface area contributed by atoms with Crippen LogP contribution >= 0.6 is 11.3 Å². The first-order valence-corrected chi connectivity index (χ1v) is 10.8.